The molecule has 0 atom stereocenters. The Morgan fingerprint density at radius 1 is 0.909 bits per heavy atom. The molecule has 1 fully saturated rings. The molecule has 0 aromatic heterocycles. The van der Waals surface area contributed by atoms with Crippen molar-refractivity contribution in [3.63, 3.8) is 0 Å². The maximum Gasteiger partial charge on any atom is 0.347 e. The zero-order chi connectivity index (χ0) is 6.69. The molecule has 5 nitrogen and oxygen atoms in total. The van der Waals surface area contributed by atoms with Gasteiger partial charge in [0, 0.05) is 64.2 Å². The van der Waals surface area contributed by atoms with E-state index in [2.05, 4.69) is 14.8 Å². The van der Waals surface area contributed by atoms with Crippen LogP contribution >= 0.6 is 0 Å². The molecule has 0 aromatic rings. The third kappa shape index (κ3) is 6.10. The van der Waals surface area contributed by atoms with E-state index < -0.39 is 11.9 Å². The minimum atomic E-state index is -0.596. The Balaban J connectivity index is 0. The quantitative estimate of drug-likeness (QED) is 0.350. The molecule has 2 radical (unpaired) electrons. The Hall–Kier alpha value is 0.900. The van der Waals surface area contributed by atoms with Crippen LogP contribution in [-0.2, 0) is 24.4 Å². The van der Waals surface area contributed by atoms with E-state index in [-0.39, 0.29) is 72.0 Å². The second kappa shape index (κ2) is 7.54. The smallest absolute Gasteiger partial charge is 0.260 e. The van der Waals surface area contributed by atoms with Gasteiger partial charge in [-0.1, -0.05) is 0 Å². The van der Waals surface area contributed by atoms with E-state index >= 15 is 0 Å². The normalized spacial score (nSPS) is 16.4. The largest absolute Gasteiger partial charge is 0.347 e. The van der Waals surface area contributed by atoms with E-state index in [1.54, 1.807) is 0 Å². The maximum absolute atomic E-state index is 10.2. The van der Waals surface area contributed by atoms with Crippen molar-refractivity contribution in [2.24, 2.45) is 0 Å². The van der Waals surface area contributed by atoms with Gasteiger partial charge in [0.1, 0.15) is 0 Å². The Kier molecular flexibility index (Phi) is 9.89. The van der Waals surface area contributed by atoms with Gasteiger partial charge in [0.05, 0.1) is 12.8 Å². The molecule has 0 spiro atoms. The van der Waals surface area contributed by atoms with Crippen LogP contribution in [0.3, 0.4) is 0 Å². The van der Waals surface area contributed by atoms with Gasteiger partial charge in [0.2, 0.25) is 0 Å². The van der Waals surface area contributed by atoms with Gasteiger partial charge in [0.15, 0.2) is 0 Å². The standard InChI is InChI=1S/C4H4O5.2Na/c5-3-1-2-4(6)8-9-7-3;;/h1-2H2;;. The Labute approximate surface area is 107 Å². The van der Waals surface area contributed by atoms with Crippen LogP contribution < -0.4 is 0 Å². The van der Waals surface area contributed by atoms with Gasteiger partial charge < -0.3 is 0 Å². The summed E-state index contributed by atoms with van der Waals surface area (Å²) >= 11 is 0. The third-order valence-corrected chi connectivity index (χ3v) is 0.787. The summed E-state index contributed by atoms with van der Waals surface area (Å²) in [5, 5.41) is 3.72. The first-order chi connectivity index (χ1) is 4.29. The van der Waals surface area contributed by atoms with Gasteiger partial charge in [-0.15, -0.1) is 0 Å². The van der Waals surface area contributed by atoms with Crippen LogP contribution in [0.1, 0.15) is 12.8 Å². The van der Waals surface area contributed by atoms with Crippen molar-refractivity contribution in [3.8, 4) is 0 Å². The first-order valence-corrected chi connectivity index (χ1v) is 2.36. The van der Waals surface area contributed by atoms with Gasteiger partial charge in [-0.3, -0.25) is 9.78 Å². The van der Waals surface area contributed by atoms with Gasteiger partial charge in [0.25, 0.3) is 0 Å². The average molecular weight is 178 g/mol. The summed E-state index contributed by atoms with van der Waals surface area (Å²) in [5.74, 6) is -1.19. The average Bonchev–Trinajstić information content (AvgIpc) is 1.97. The molecule has 0 aliphatic carbocycles. The summed E-state index contributed by atoms with van der Waals surface area (Å²) in [5.41, 5.74) is 0. The summed E-state index contributed by atoms with van der Waals surface area (Å²) in [4.78, 5) is 28.3. The molecule has 1 saturated heterocycles. The second-order valence-corrected chi connectivity index (χ2v) is 1.48. The molecular formula is C4H4Na2O5. The molecule has 0 amide bonds. The molecule has 0 N–H and O–H groups in total. The molecule has 0 bridgehead atoms. The second-order valence-electron chi connectivity index (χ2n) is 1.48. The molecule has 11 heavy (non-hydrogen) atoms. The fourth-order valence-electron chi connectivity index (χ4n) is 0.380. The predicted molar refractivity (Wildman–Crippen MR) is 34.0 cm³/mol. The summed E-state index contributed by atoms with van der Waals surface area (Å²) in [7, 11) is 0. The van der Waals surface area contributed by atoms with E-state index in [9.17, 15) is 9.59 Å². The maximum atomic E-state index is 10.2. The predicted octanol–water partition coefficient (Wildman–Crippen LogP) is -1.05. The molecule has 52 valence electrons. The van der Waals surface area contributed by atoms with E-state index in [0.717, 1.165) is 0 Å². The van der Waals surface area contributed by atoms with Crippen LogP contribution in [0.4, 0.5) is 0 Å². The minimum Gasteiger partial charge on any atom is -0.260 e. The minimum absolute atomic E-state index is 0. The van der Waals surface area contributed by atoms with E-state index in [4.69, 9.17) is 0 Å². The fraction of sp³-hybridized carbons (Fsp3) is 0.500. The Bertz CT molecular complexity index is 131. The van der Waals surface area contributed by atoms with Gasteiger partial charge in [-0.25, -0.2) is 9.59 Å². The van der Waals surface area contributed by atoms with E-state index in [1.807, 2.05) is 0 Å². The fourth-order valence-corrected chi connectivity index (χ4v) is 0.380. The van der Waals surface area contributed by atoms with Crippen molar-refractivity contribution in [2.45, 2.75) is 12.8 Å². The molecule has 1 aliphatic rings. The molecule has 0 saturated carbocycles. The van der Waals surface area contributed by atoms with Crippen LogP contribution in [0.15, 0.2) is 0 Å². The number of hydrogen-bond donors (Lipinski definition) is 0. The molecule has 1 rings (SSSR count). The first-order valence-electron chi connectivity index (χ1n) is 2.36. The number of hydrogen-bond acceptors (Lipinski definition) is 5. The van der Waals surface area contributed by atoms with Crippen LogP contribution in [-0.4, -0.2) is 71.1 Å². The topological polar surface area (TPSA) is 61.8 Å². The van der Waals surface area contributed by atoms with Crippen molar-refractivity contribution < 1.29 is 24.4 Å². The van der Waals surface area contributed by atoms with E-state index in [0.29, 0.717) is 0 Å². The monoisotopic (exact) mass is 178 g/mol. The van der Waals surface area contributed by atoms with Crippen molar-refractivity contribution in [2.75, 3.05) is 0 Å². The van der Waals surface area contributed by atoms with Crippen molar-refractivity contribution in [3.05, 3.63) is 0 Å². The van der Waals surface area contributed by atoms with Crippen LogP contribution in [0.5, 0.6) is 0 Å². The van der Waals surface area contributed by atoms with Crippen LogP contribution in [0.2, 0.25) is 0 Å². The van der Waals surface area contributed by atoms with E-state index in [1.165, 1.54) is 0 Å². The number of carbonyl (C=O) groups excluding carboxylic acids is 2. The first kappa shape index (κ1) is 14.4. The molecule has 0 unspecified atom stereocenters. The van der Waals surface area contributed by atoms with Crippen molar-refractivity contribution >= 4 is 71.1 Å². The molecule has 1 aliphatic heterocycles. The van der Waals surface area contributed by atoms with Crippen LogP contribution in [0, 0.1) is 0 Å². The number of carbonyl (C=O) groups is 2. The van der Waals surface area contributed by atoms with Gasteiger partial charge >= 0.3 is 11.9 Å². The molecule has 1 heterocycles. The Morgan fingerprint density at radius 3 is 1.64 bits per heavy atom. The third-order valence-electron chi connectivity index (χ3n) is 0.787. The zero-order valence-electron chi connectivity index (χ0n) is 6.46. The zero-order valence-corrected chi connectivity index (χ0v) is 10.5. The van der Waals surface area contributed by atoms with Crippen molar-refractivity contribution in [1.29, 1.82) is 0 Å². The molecule has 0 aromatic carbocycles. The van der Waals surface area contributed by atoms with Gasteiger partial charge in [-0.2, -0.15) is 0 Å². The van der Waals surface area contributed by atoms with Crippen molar-refractivity contribution in [1.82, 2.24) is 0 Å². The molecule has 7 heteroatoms. The molecular weight excluding hydrogens is 174 g/mol. The van der Waals surface area contributed by atoms with Gasteiger partial charge in [-0.05, 0) is 0 Å². The summed E-state index contributed by atoms with van der Waals surface area (Å²) in [6.07, 6.45) is 0.0255. The van der Waals surface area contributed by atoms with Crippen LogP contribution in [0.25, 0.3) is 0 Å². The summed E-state index contributed by atoms with van der Waals surface area (Å²) in [6.45, 7) is 0. The Morgan fingerprint density at radius 2 is 1.27 bits per heavy atom. The number of rotatable bonds is 0. The summed E-state index contributed by atoms with van der Waals surface area (Å²) < 4.78 is 0. The summed E-state index contributed by atoms with van der Waals surface area (Å²) in [6, 6.07) is 0. The SMILES string of the molecule is O=C1CCC(=O)OOO1.[Na].[Na].